The molecule has 1 heterocycles. The van der Waals surface area contributed by atoms with E-state index in [1.54, 1.807) is 6.07 Å². The summed E-state index contributed by atoms with van der Waals surface area (Å²) in [5.41, 5.74) is 0.777. The molecule has 0 radical (unpaired) electrons. The summed E-state index contributed by atoms with van der Waals surface area (Å²) in [6, 6.07) is 3.03. The van der Waals surface area contributed by atoms with Gasteiger partial charge in [0.2, 0.25) is 0 Å². The van der Waals surface area contributed by atoms with Crippen LogP contribution in [0.15, 0.2) is 12.1 Å². The van der Waals surface area contributed by atoms with Gasteiger partial charge in [0.1, 0.15) is 6.10 Å². The maximum Gasteiger partial charge on any atom is 0.412 e. The number of benzene rings is 1. The SMILES string of the molecule is CN(C)CCCC1OC(=O)Nc2ccc(Cl)c(F)c21. The van der Waals surface area contributed by atoms with E-state index in [4.69, 9.17) is 16.3 Å². The molecule has 2 rings (SSSR count). The lowest BCUT2D eigenvalue weighted by Gasteiger charge is -2.27. The van der Waals surface area contributed by atoms with Crippen molar-refractivity contribution in [2.24, 2.45) is 0 Å². The monoisotopic (exact) mass is 286 g/mol. The Morgan fingerprint density at radius 1 is 1.47 bits per heavy atom. The number of anilines is 1. The first-order chi connectivity index (χ1) is 8.99. The molecule has 0 fully saturated rings. The molecule has 1 amide bonds. The van der Waals surface area contributed by atoms with Crippen molar-refractivity contribution >= 4 is 23.4 Å². The lowest BCUT2D eigenvalue weighted by molar-refractivity contribution is 0.0957. The molecule has 1 aliphatic rings. The molecule has 1 aromatic carbocycles. The zero-order valence-corrected chi connectivity index (χ0v) is 11.6. The van der Waals surface area contributed by atoms with Crippen molar-refractivity contribution in [3.05, 3.63) is 28.5 Å². The molecule has 0 spiro atoms. The Kier molecular flexibility index (Phi) is 4.27. The number of hydrogen-bond acceptors (Lipinski definition) is 3. The minimum Gasteiger partial charge on any atom is -0.441 e. The first-order valence-corrected chi connectivity index (χ1v) is 6.47. The topological polar surface area (TPSA) is 41.6 Å². The van der Waals surface area contributed by atoms with Crippen LogP contribution >= 0.6 is 11.6 Å². The van der Waals surface area contributed by atoms with E-state index in [2.05, 4.69) is 5.32 Å². The molecule has 0 saturated heterocycles. The van der Waals surface area contributed by atoms with Gasteiger partial charge in [-0.25, -0.2) is 9.18 Å². The Morgan fingerprint density at radius 2 is 2.21 bits per heavy atom. The summed E-state index contributed by atoms with van der Waals surface area (Å²) in [7, 11) is 3.92. The van der Waals surface area contributed by atoms with Crippen LogP contribution in [0.2, 0.25) is 5.02 Å². The van der Waals surface area contributed by atoms with Gasteiger partial charge in [0, 0.05) is 0 Å². The average molecular weight is 287 g/mol. The van der Waals surface area contributed by atoms with E-state index in [0.29, 0.717) is 17.7 Å². The van der Waals surface area contributed by atoms with E-state index in [1.165, 1.54) is 6.07 Å². The number of cyclic esters (lactones) is 1. The first-order valence-electron chi connectivity index (χ1n) is 6.09. The van der Waals surface area contributed by atoms with Crippen LogP contribution < -0.4 is 5.32 Å². The molecule has 1 atom stereocenters. The Morgan fingerprint density at radius 3 is 2.89 bits per heavy atom. The second kappa shape index (κ2) is 5.75. The largest absolute Gasteiger partial charge is 0.441 e. The third-order valence-corrected chi connectivity index (χ3v) is 3.30. The molecule has 1 N–H and O–H groups in total. The number of hydrogen-bond donors (Lipinski definition) is 1. The highest BCUT2D eigenvalue weighted by atomic mass is 35.5. The lowest BCUT2D eigenvalue weighted by atomic mass is 10.0. The number of carbonyl (C=O) groups excluding carboxylic acids is 1. The van der Waals surface area contributed by atoms with E-state index in [-0.39, 0.29) is 5.02 Å². The van der Waals surface area contributed by atoms with Gasteiger partial charge in [0.25, 0.3) is 0 Å². The molecule has 104 valence electrons. The number of rotatable bonds is 4. The van der Waals surface area contributed by atoms with Crippen molar-refractivity contribution in [2.75, 3.05) is 26.0 Å². The van der Waals surface area contributed by atoms with Crippen molar-refractivity contribution in [1.82, 2.24) is 4.90 Å². The van der Waals surface area contributed by atoms with Crippen molar-refractivity contribution in [3.8, 4) is 0 Å². The van der Waals surface area contributed by atoms with E-state index >= 15 is 0 Å². The Hall–Kier alpha value is -1.33. The third kappa shape index (κ3) is 3.16. The van der Waals surface area contributed by atoms with Crippen molar-refractivity contribution in [2.45, 2.75) is 18.9 Å². The smallest absolute Gasteiger partial charge is 0.412 e. The number of nitrogens with one attached hydrogen (secondary N) is 1. The summed E-state index contributed by atoms with van der Waals surface area (Å²) in [6.45, 7) is 0.846. The lowest BCUT2D eigenvalue weighted by Crippen LogP contribution is -2.26. The predicted molar refractivity (Wildman–Crippen MR) is 72.0 cm³/mol. The summed E-state index contributed by atoms with van der Waals surface area (Å²) in [5.74, 6) is -0.519. The van der Waals surface area contributed by atoms with Gasteiger partial charge in [-0.2, -0.15) is 0 Å². The zero-order chi connectivity index (χ0) is 14.0. The molecule has 1 aliphatic heterocycles. The minimum absolute atomic E-state index is 0.0381. The maximum atomic E-state index is 14.1. The number of ether oxygens (including phenoxy) is 1. The first kappa shape index (κ1) is 14.1. The van der Waals surface area contributed by atoms with Crippen LogP contribution in [0.4, 0.5) is 14.9 Å². The van der Waals surface area contributed by atoms with Crippen LogP contribution in [0, 0.1) is 5.82 Å². The molecule has 4 nitrogen and oxygen atoms in total. The van der Waals surface area contributed by atoms with Crippen molar-refractivity contribution < 1.29 is 13.9 Å². The number of fused-ring (bicyclic) bond motifs is 1. The number of amides is 1. The molecule has 1 aromatic rings. The van der Waals surface area contributed by atoms with Gasteiger partial charge in [0.05, 0.1) is 16.3 Å². The fourth-order valence-corrected chi connectivity index (χ4v) is 2.28. The molecule has 0 aliphatic carbocycles. The van der Waals surface area contributed by atoms with Gasteiger partial charge in [-0.3, -0.25) is 5.32 Å². The van der Waals surface area contributed by atoms with E-state index in [1.807, 2.05) is 19.0 Å². The quantitative estimate of drug-likeness (QED) is 0.922. The van der Waals surface area contributed by atoms with Gasteiger partial charge in [-0.15, -0.1) is 0 Å². The number of halogens is 2. The maximum absolute atomic E-state index is 14.1. The Labute approximate surface area is 116 Å². The second-order valence-corrected chi connectivity index (χ2v) is 5.19. The van der Waals surface area contributed by atoms with Gasteiger partial charge in [0.15, 0.2) is 5.82 Å². The second-order valence-electron chi connectivity index (χ2n) is 4.79. The highest BCUT2D eigenvalue weighted by molar-refractivity contribution is 6.31. The highest BCUT2D eigenvalue weighted by Gasteiger charge is 2.30. The summed E-state index contributed by atoms with van der Waals surface area (Å²) in [6.07, 6.45) is 0.234. The predicted octanol–water partition coefficient (Wildman–Crippen LogP) is 3.42. The summed E-state index contributed by atoms with van der Waals surface area (Å²) in [4.78, 5) is 13.5. The highest BCUT2D eigenvalue weighted by Crippen LogP contribution is 2.38. The average Bonchev–Trinajstić information content (AvgIpc) is 2.33. The van der Waals surface area contributed by atoms with Crippen LogP contribution in [0.1, 0.15) is 24.5 Å². The van der Waals surface area contributed by atoms with Crippen molar-refractivity contribution in [3.63, 3.8) is 0 Å². The van der Waals surface area contributed by atoms with Crippen molar-refractivity contribution in [1.29, 1.82) is 0 Å². The van der Waals surface area contributed by atoms with Gasteiger partial charge < -0.3 is 9.64 Å². The summed E-state index contributed by atoms with van der Waals surface area (Å²) >= 11 is 5.78. The van der Waals surface area contributed by atoms with Crippen LogP contribution in [0.25, 0.3) is 0 Å². The summed E-state index contributed by atoms with van der Waals surface area (Å²) in [5, 5.41) is 2.52. The normalized spacial score (nSPS) is 17.9. The Balaban J connectivity index is 2.22. The van der Waals surface area contributed by atoms with Crippen LogP contribution in [0.5, 0.6) is 0 Å². The van der Waals surface area contributed by atoms with Gasteiger partial charge >= 0.3 is 6.09 Å². The summed E-state index contributed by atoms with van der Waals surface area (Å²) < 4.78 is 19.2. The fourth-order valence-electron chi connectivity index (χ4n) is 2.11. The number of carbonyl (C=O) groups is 1. The van der Waals surface area contributed by atoms with E-state index in [9.17, 15) is 9.18 Å². The van der Waals surface area contributed by atoms with Crippen LogP contribution in [-0.2, 0) is 4.74 Å². The molecule has 6 heteroatoms. The molecule has 0 saturated carbocycles. The zero-order valence-electron chi connectivity index (χ0n) is 10.9. The molecular weight excluding hydrogens is 271 g/mol. The fraction of sp³-hybridized carbons (Fsp3) is 0.462. The van der Waals surface area contributed by atoms with E-state index < -0.39 is 18.0 Å². The third-order valence-electron chi connectivity index (χ3n) is 3.01. The molecule has 19 heavy (non-hydrogen) atoms. The molecular formula is C13H16ClFN2O2. The molecule has 0 bridgehead atoms. The van der Waals surface area contributed by atoms with Gasteiger partial charge in [-0.1, -0.05) is 11.6 Å². The van der Waals surface area contributed by atoms with Gasteiger partial charge in [-0.05, 0) is 45.6 Å². The minimum atomic E-state index is -0.581. The Bertz CT molecular complexity index is 494. The molecule has 0 aromatic heterocycles. The van der Waals surface area contributed by atoms with Crippen LogP contribution in [0.3, 0.4) is 0 Å². The standard InChI is InChI=1S/C13H16ClFN2O2/c1-17(2)7-3-4-10-11-9(16-13(18)19-10)6-5-8(14)12(11)15/h5-6,10H,3-4,7H2,1-2H3,(H,16,18). The van der Waals surface area contributed by atoms with Crippen LogP contribution in [-0.4, -0.2) is 31.6 Å². The van der Waals surface area contributed by atoms with E-state index in [0.717, 1.165) is 13.0 Å². The number of nitrogens with zero attached hydrogens (tertiary/aromatic N) is 1. The molecule has 1 unspecified atom stereocenters.